The van der Waals surface area contributed by atoms with Gasteiger partial charge in [-0.2, -0.15) is 17.6 Å². The van der Waals surface area contributed by atoms with Crippen LogP contribution in [0, 0.1) is 11.8 Å². The molecule has 13 heteroatoms. The maximum atomic E-state index is 13.7. The molecule has 0 unspecified atom stereocenters. The Kier molecular flexibility index (Phi) is 21.0. The van der Waals surface area contributed by atoms with Crippen LogP contribution < -0.4 is 20.9 Å². The molecule has 9 nitrogen and oxygen atoms in total. The highest BCUT2D eigenvalue weighted by molar-refractivity contribution is 5.82. The number of fused-ring (bicyclic) bond motifs is 3. The summed E-state index contributed by atoms with van der Waals surface area (Å²) in [7, 11) is 0. The number of aryl methyl sites for hydroxylation is 1. The number of ether oxygens (including phenoxy) is 2. The summed E-state index contributed by atoms with van der Waals surface area (Å²) >= 11 is 0. The molecule has 2 aliphatic heterocycles. The Balaban J connectivity index is 0.000000381. The number of amides is 1. The number of carbonyl (C=O) groups excluding carboxylic acids is 2. The van der Waals surface area contributed by atoms with Gasteiger partial charge in [0.25, 0.3) is 5.91 Å². The van der Waals surface area contributed by atoms with Crippen LogP contribution in [0.2, 0.25) is 0 Å². The van der Waals surface area contributed by atoms with E-state index < -0.39 is 29.6 Å². The van der Waals surface area contributed by atoms with E-state index in [1.807, 2.05) is 40.7 Å². The van der Waals surface area contributed by atoms with Crippen molar-refractivity contribution in [2.75, 3.05) is 39.4 Å². The number of benzene rings is 2. The number of halogens is 4. The first-order chi connectivity index (χ1) is 24.8. The van der Waals surface area contributed by atoms with E-state index in [-0.39, 0.29) is 19.1 Å². The number of primary amides is 1. The largest absolute Gasteiger partial charge is 0.486 e. The molecule has 1 aliphatic carbocycles. The Labute approximate surface area is 306 Å². The number of rotatable bonds is 8. The summed E-state index contributed by atoms with van der Waals surface area (Å²) in [4.78, 5) is 31.2. The summed E-state index contributed by atoms with van der Waals surface area (Å²) in [5.74, 6) is -8.33. The Morgan fingerprint density at radius 3 is 1.87 bits per heavy atom. The summed E-state index contributed by atoms with van der Waals surface area (Å²) in [6.45, 7) is 18.4. The lowest BCUT2D eigenvalue weighted by atomic mass is 9.97. The zero-order valence-electron chi connectivity index (χ0n) is 31.9. The second-order valence-electron chi connectivity index (χ2n) is 12.2. The van der Waals surface area contributed by atoms with E-state index in [2.05, 4.69) is 27.0 Å². The van der Waals surface area contributed by atoms with Gasteiger partial charge < -0.3 is 25.8 Å². The van der Waals surface area contributed by atoms with Gasteiger partial charge in [0.2, 0.25) is 0 Å². The van der Waals surface area contributed by atoms with Crippen molar-refractivity contribution in [3.05, 3.63) is 59.4 Å². The first-order valence-corrected chi connectivity index (χ1v) is 18.4. The minimum atomic E-state index is -3.48. The van der Waals surface area contributed by atoms with Crippen LogP contribution >= 0.6 is 0 Å². The molecule has 1 saturated heterocycles. The van der Waals surface area contributed by atoms with E-state index >= 15 is 0 Å². The lowest BCUT2D eigenvalue weighted by Crippen LogP contribution is -2.42. The van der Waals surface area contributed by atoms with Crippen molar-refractivity contribution in [1.82, 2.24) is 14.9 Å². The van der Waals surface area contributed by atoms with Crippen LogP contribution in [-0.4, -0.2) is 78.3 Å². The van der Waals surface area contributed by atoms with Gasteiger partial charge in [-0.25, -0.2) is 0 Å². The van der Waals surface area contributed by atoms with Gasteiger partial charge in [-0.15, -0.1) is 0 Å². The van der Waals surface area contributed by atoms with Crippen LogP contribution in [0.5, 0.6) is 11.5 Å². The normalized spacial score (nSPS) is 14.8. The van der Waals surface area contributed by atoms with Gasteiger partial charge in [-0.05, 0) is 106 Å². The zero-order chi connectivity index (χ0) is 39.3. The zero-order valence-corrected chi connectivity index (χ0v) is 31.9. The lowest BCUT2D eigenvalue weighted by molar-refractivity contribution is -0.149. The van der Waals surface area contributed by atoms with E-state index in [0.29, 0.717) is 24.2 Å². The van der Waals surface area contributed by atoms with Crippen LogP contribution in [-0.2, 0) is 28.9 Å². The van der Waals surface area contributed by atoms with E-state index in [9.17, 15) is 27.2 Å². The number of hydrogen-bond donors (Lipinski definition) is 2. The van der Waals surface area contributed by atoms with E-state index in [0.717, 1.165) is 35.6 Å². The highest BCUT2D eigenvalue weighted by Crippen LogP contribution is 2.38. The number of nitrogens with zero attached hydrogens (tertiary/aromatic N) is 3. The molecule has 292 valence electrons. The van der Waals surface area contributed by atoms with Crippen molar-refractivity contribution < 1.29 is 36.6 Å². The summed E-state index contributed by atoms with van der Waals surface area (Å²) in [6, 6.07) is 9.86. The predicted molar refractivity (Wildman–Crippen MR) is 199 cm³/mol. The van der Waals surface area contributed by atoms with Gasteiger partial charge in [0.05, 0.1) is 11.0 Å². The third kappa shape index (κ3) is 14.3. The van der Waals surface area contributed by atoms with Crippen LogP contribution in [0.4, 0.5) is 17.6 Å². The monoisotopic (exact) mass is 737 g/mol. The standard InChI is InChI=1S/C15H21NO2.C13H11F2N3O.C5H8F2O.C2H7N.2C2H6/c1-2-8-16(7-1)9-3-4-13-5-6-14-15(12-13)18-11-10-17-14;14-13(15,12(16)19)9-3-7-5-10-11(6-8(7)4-9)18-2-1-17-10;1-4(2)5(6,7)3-8;1-2-3;2*1-2/h5-6,12H,1-4,7-11H2;1-2,5-6,9H,3-4H2,(H2,16,19);3-4H,1-2H3;2-3H2,1H3;2*1-2H3. The number of nitrogens with two attached hydrogens (primary N) is 2. The van der Waals surface area contributed by atoms with E-state index in [1.54, 1.807) is 24.5 Å². The summed E-state index contributed by atoms with van der Waals surface area (Å²) in [5.41, 5.74) is 13.9. The lowest BCUT2D eigenvalue weighted by Gasteiger charge is -2.19. The van der Waals surface area contributed by atoms with Crippen LogP contribution in [0.15, 0.2) is 42.7 Å². The molecule has 0 saturated carbocycles. The molecule has 1 fully saturated rings. The number of aldehydes is 1. The van der Waals surface area contributed by atoms with Crippen molar-refractivity contribution in [3.8, 4) is 11.5 Å². The van der Waals surface area contributed by atoms with Crippen molar-refractivity contribution in [2.24, 2.45) is 23.3 Å². The molecular weight excluding hydrogens is 678 g/mol. The molecule has 4 N–H and O–H groups in total. The van der Waals surface area contributed by atoms with Gasteiger partial charge in [0, 0.05) is 24.2 Å². The molecular formula is C39H59F4N5O4. The second-order valence-corrected chi connectivity index (χ2v) is 12.2. The summed E-state index contributed by atoms with van der Waals surface area (Å²) in [6.07, 6.45) is 8.19. The van der Waals surface area contributed by atoms with Crippen molar-refractivity contribution in [3.63, 3.8) is 0 Å². The molecule has 3 aromatic rings. The number of aromatic nitrogens is 2. The van der Waals surface area contributed by atoms with Gasteiger partial charge in [-0.1, -0.05) is 54.5 Å². The molecule has 52 heavy (non-hydrogen) atoms. The number of hydrogen-bond acceptors (Lipinski definition) is 8. The Hall–Kier alpha value is -3.84. The maximum Gasteiger partial charge on any atom is 0.327 e. The Morgan fingerprint density at radius 2 is 1.42 bits per heavy atom. The smallest absolute Gasteiger partial charge is 0.327 e. The quantitative estimate of drug-likeness (QED) is 0.180. The molecule has 3 heterocycles. The molecule has 0 atom stereocenters. The predicted octanol–water partition coefficient (Wildman–Crippen LogP) is 7.45. The molecule has 0 radical (unpaired) electrons. The molecule has 1 amide bonds. The topological polar surface area (TPSA) is 134 Å². The molecule has 1 aromatic heterocycles. The van der Waals surface area contributed by atoms with Crippen LogP contribution in [0.1, 0.15) is 84.4 Å². The molecule has 2 aromatic carbocycles. The molecule has 0 bridgehead atoms. The third-order valence-corrected chi connectivity index (χ3v) is 8.24. The van der Waals surface area contributed by atoms with Crippen molar-refractivity contribution in [2.45, 2.75) is 98.8 Å². The molecule has 6 rings (SSSR count). The van der Waals surface area contributed by atoms with Crippen molar-refractivity contribution >= 4 is 23.2 Å². The van der Waals surface area contributed by atoms with Crippen molar-refractivity contribution in [1.29, 1.82) is 0 Å². The highest BCUT2D eigenvalue weighted by atomic mass is 19.3. The number of alkyl halides is 4. The van der Waals surface area contributed by atoms with Crippen LogP contribution in [0.25, 0.3) is 11.0 Å². The van der Waals surface area contributed by atoms with E-state index in [4.69, 9.17) is 20.9 Å². The van der Waals surface area contributed by atoms with Gasteiger partial charge in [-0.3, -0.25) is 19.6 Å². The fourth-order valence-corrected chi connectivity index (χ4v) is 5.43. The molecule has 3 aliphatic rings. The fraction of sp³-hybridized carbons (Fsp3) is 0.590. The summed E-state index contributed by atoms with van der Waals surface area (Å²) in [5, 5.41) is 0. The van der Waals surface area contributed by atoms with Gasteiger partial charge in [0.1, 0.15) is 13.2 Å². The second kappa shape index (κ2) is 23.7. The highest BCUT2D eigenvalue weighted by Gasteiger charge is 2.48. The SMILES string of the molecule is CC.CC.CC(C)C(F)(F)C=O.CCN.NC(=O)C(F)(F)C1Cc2cc3nccnc3cc2C1.c1cc2c(cc1CCCN1CCCC1)OCCO2. The summed E-state index contributed by atoms with van der Waals surface area (Å²) < 4.78 is 62.3. The maximum absolute atomic E-state index is 13.7. The van der Waals surface area contributed by atoms with Gasteiger partial charge in [0.15, 0.2) is 17.8 Å². The number of carbonyl (C=O) groups is 2. The first-order valence-electron chi connectivity index (χ1n) is 18.4. The first kappa shape index (κ1) is 46.2. The Morgan fingerprint density at radius 1 is 0.923 bits per heavy atom. The van der Waals surface area contributed by atoms with E-state index in [1.165, 1.54) is 58.3 Å². The van der Waals surface area contributed by atoms with Gasteiger partial charge >= 0.3 is 11.8 Å². The van der Waals surface area contributed by atoms with Crippen LogP contribution in [0.3, 0.4) is 0 Å². The molecule has 0 spiro atoms. The Bertz CT molecular complexity index is 1440. The average molecular weight is 738 g/mol. The fourth-order valence-electron chi connectivity index (χ4n) is 5.43. The minimum absolute atomic E-state index is 0.137. The average Bonchev–Trinajstić information content (AvgIpc) is 3.83. The third-order valence-electron chi connectivity index (χ3n) is 8.24. The minimum Gasteiger partial charge on any atom is -0.486 e. The number of likely N-dealkylation sites (tertiary alicyclic amines) is 1.